The highest BCUT2D eigenvalue weighted by Crippen LogP contribution is 2.13. The molecule has 0 saturated heterocycles. The quantitative estimate of drug-likeness (QED) is 0.736. The van der Waals surface area contributed by atoms with Gasteiger partial charge in [-0.1, -0.05) is 6.92 Å². The van der Waals surface area contributed by atoms with Gasteiger partial charge >= 0.3 is 0 Å². The zero-order valence-electron chi connectivity index (χ0n) is 8.53. The van der Waals surface area contributed by atoms with E-state index in [1.54, 1.807) is 31.2 Å². The SMILES string of the molecule is CCC(=O)c1ccc(OCC(N)=O)cc1. The molecule has 1 rings (SSSR count). The van der Waals surface area contributed by atoms with Gasteiger partial charge in [0.2, 0.25) is 0 Å². The van der Waals surface area contributed by atoms with Crippen molar-refractivity contribution in [3.8, 4) is 5.75 Å². The number of primary amides is 1. The molecule has 0 aromatic heterocycles. The maximum absolute atomic E-state index is 11.3. The van der Waals surface area contributed by atoms with Crippen LogP contribution in [0.3, 0.4) is 0 Å². The minimum Gasteiger partial charge on any atom is -0.484 e. The fourth-order valence-electron chi connectivity index (χ4n) is 1.10. The molecular weight excluding hydrogens is 194 g/mol. The Morgan fingerprint density at radius 3 is 2.33 bits per heavy atom. The third kappa shape index (κ3) is 3.42. The number of rotatable bonds is 5. The Morgan fingerprint density at radius 2 is 1.87 bits per heavy atom. The predicted molar refractivity (Wildman–Crippen MR) is 55.8 cm³/mol. The van der Waals surface area contributed by atoms with Crippen molar-refractivity contribution < 1.29 is 14.3 Å². The average molecular weight is 207 g/mol. The number of ketones is 1. The Kier molecular flexibility index (Phi) is 3.85. The number of hydrogen-bond donors (Lipinski definition) is 1. The van der Waals surface area contributed by atoms with Crippen LogP contribution in [-0.2, 0) is 4.79 Å². The van der Waals surface area contributed by atoms with Crippen LogP contribution in [-0.4, -0.2) is 18.3 Å². The second kappa shape index (κ2) is 5.14. The van der Waals surface area contributed by atoms with Gasteiger partial charge in [0, 0.05) is 12.0 Å². The van der Waals surface area contributed by atoms with Crippen LogP contribution in [0.15, 0.2) is 24.3 Å². The van der Waals surface area contributed by atoms with Crippen LogP contribution < -0.4 is 10.5 Å². The summed E-state index contributed by atoms with van der Waals surface area (Å²) < 4.78 is 5.05. The van der Waals surface area contributed by atoms with Crippen molar-refractivity contribution in [1.29, 1.82) is 0 Å². The van der Waals surface area contributed by atoms with Crippen LogP contribution >= 0.6 is 0 Å². The number of benzene rings is 1. The topological polar surface area (TPSA) is 69.4 Å². The number of nitrogens with two attached hydrogens (primary N) is 1. The highest BCUT2D eigenvalue weighted by Gasteiger charge is 2.03. The molecule has 0 radical (unpaired) electrons. The molecule has 2 N–H and O–H groups in total. The van der Waals surface area contributed by atoms with Gasteiger partial charge in [-0.05, 0) is 24.3 Å². The smallest absolute Gasteiger partial charge is 0.255 e. The van der Waals surface area contributed by atoms with Crippen LogP contribution in [0, 0.1) is 0 Å². The van der Waals surface area contributed by atoms with E-state index < -0.39 is 5.91 Å². The summed E-state index contributed by atoms with van der Waals surface area (Å²) in [7, 11) is 0. The van der Waals surface area contributed by atoms with E-state index in [4.69, 9.17) is 10.5 Å². The number of hydrogen-bond acceptors (Lipinski definition) is 3. The monoisotopic (exact) mass is 207 g/mol. The molecule has 1 aromatic carbocycles. The zero-order chi connectivity index (χ0) is 11.3. The second-order valence-corrected chi connectivity index (χ2v) is 3.06. The van der Waals surface area contributed by atoms with E-state index in [2.05, 4.69) is 0 Å². The van der Waals surface area contributed by atoms with Crippen LogP contribution in [0.2, 0.25) is 0 Å². The summed E-state index contributed by atoms with van der Waals surface area (Å²) in [5.41, 5.74) is 5.56. The number of amides is 1. The lowest BCUT2D eigenvalue weighted by Crippen LogP contribution is -2.20. The van der Waals surface area contributed by atoms with Gasteiger partial charge in [-0.15, -0.1) is 0 Å². The maximum Gasteiger partial charge on any atom is 0.255 e. The highest BCUT2D eigenvalue weighted by molar-refractivity contribution is 5.95. The van der Waals surface area contributed by atoms with Crippen molar-refractivity contribution in [3.63, 3.8) is 0 Å². The summed E-state index contributed by atoms with van der Waals surface area (Å²) in [6.07, 6.45) is 0.474. The van der Waals surface area contributed by atoms with Crippen LogP contribution in [0.1, 0.15) is 23.7 Å². The fraction of sp³-hybridized carbons (Fsp3) is 0.273. The third-order valence-corrected chi connectivity index (χ3v) is 1.88. The number of ether oxygens (including phenoxy) is 1. The first-order valence-corrected chi connectivity index (χ1v) is 4.68. The molecule has 80 valence electrons. The minimum absolute atomic E-state index is 0.0800. The summed E-state index contributed by atoms with van der Waals surface area (Å²) >= 11 is 0. The molecule has 0 atom stereocenters. The Bertz CT molecular complexity index is 357. The van der Waals surface area contributed by atoms with E-state index in [9.17, 15) is 9.59 Å². The second-order valence-electron chi connectivity index (χ2n) is 3.06. The van der Waals surface area contributed by atoms with Gasteiger partial charge in [0.05, 0.1) is 0 Å². The standard InChI is InChI=1S/C11H13NO3/c1-2-10(13)8-3-5-9(6-4-8)15-7-11(12)14/h3-6H,2,7H2,1H3,(H2,12,14). The molecule has 1 aromatic rings. The predicted octanol–water partition coefficient (Wildman–Crippen LogP) is 1.14. The van der Waals surface area contributed by atoms with Gasteiger partial charge in [-0.3, -0.25) is 9.59 Å². The van der Waals surface area contributed by atoms with Gasteiger partial charge in [0.1, 0.15) is 5.75 Å². The minimum atomic E-state index is -0.524. The van der Waals surface area contributed by atoms with Gasteiger partial charge in [0.25, 0.3) is 5.91 Å². The zero-order valence-corrected chi connectivity index (χ0v) is 8.53. The highest BCUT2D eigenvalue weighted by atomic mass is 16.5. The van der Waals surface area contributed by atoms with Crippen molar-refractivity contribution in [2.45, 2.75) is 13.3 Å². The molecule has 0 fully saturated rings. The lowest BCUT2D eigenvalue weighted by molar-refractivity contribution is -0.119. The van der Waals surface area contributed by atoms with Crippen LogP contribution in [0.25, 0.3) is 0 Å². The molecule has 0 bridgehead atoms. The average Bonchev–Trinajstić information content (AvgIpc) is 2.26. The Labute approximate surface area is 88.0 Å². The Morgan fingerprint density at radius 1 is 1.27 bits per heavy atom. The number of carbonyl (C=O) groups excluding carboxylic acids is 2. The molecule has 1 amide bonds. The molecule has 0 saturated carbocycles. The van der Waals surface area contributed by atoms with Crippen molar-refractivity contribution in [3.05, 3.63) is 29.8 Å². The lowest BCUT2D eigenvalue weighted by atomic mass is 10.1. The molecular formula is C11H13NO3. The van der Waals surface area contributed by atoms with Crippen molar-refractivity contribution in [2.75, 3.05) is 6.61 Å². The Hall–Kier alpha value is -1.84. The van der Waals surface area contributed by atoms with E-state index in [0.717, 1.165) is 0 Å². The molecule has 0 unspecified atom stereocenters. The number of Topliss-reactive ketones (excluding diaryl/α,β-unsaturated/α-hetero) is 1. The van der Waals surface area contributed by atoms with Crippen molar-refractivity contribution in [2.24, 2.45) is 5.73 Å². The lowest BCUT2D eigenvalue weighted by Gasteiger charge is -2.04. The van der Waals surface area contributed by atoms with Gasteiger partial charge in [-0.25, -0.2) is 0 Å². The fourth-order valence-corrected chi connectivity index (χ4v) is 1.10. The molecule has 0 aliphatic rings. The van der Waals surface area contributed by atoms with E-state index in [1.165, 1.54) is 0 Å². The summed E-state index contributed by atoms with van der Waals surface area (Å²) in [6.45, 7) is 1.65. The van der Waals surface area contributed by atoms with E-state index in [0.29, 0.717) is 17.7 Å². The van der Waals surface area contributed by atoms with E-state index in [-0.39, 0.29) is 12.4 Å². The van der Waals surface area contributed by atoms with E-state index >= 15 is 0 Å². The molecule has 0 aliphatic heterocycles. The maximum atomic E-state index is 11.3. The third-order valence-electron chi connectivity index (χ3n) is 1.88. The number of carbonyl (C=O) groups is 2. The summed E-state index contributed by atoms with van der Waals surface area (Å²) in [4.78, 5) is 21.7. The first-order chi connectivity index (χ1) is 7.13. The summed E-state index contributed by atoms with van der Waals surface area (Å²) in [5.74, 6) is 0.0848. The van der Waals surface area contributed by atoms with Crippen molar-refractivity contribution >= 4 is 11.7 Å². The first kappa shape index (κ1) is 11.2. The van der Waals surface area contributed by atoms with Gasteiger partial charge in [0.15, 0.2) is 12.4 Å². The largest absolute Gasteiger partial charge is 0.484 e. The molecule has 0 heterocycles. The molecule has 0 spiro atoms. The first-order valence-electron chi connectivity index (χ1n) is 4.68. The normalized spacial score (nSPS) is 9.67. The molecule has 15 heavy (non-hydrogen) atoms. The molecule has 4 heteroatoms. The van der Waals surface area contributed by atoms with Gasteiger partial charge in [-0.2, -0.15) is 0 Å². The Balaban J connectivity index is 2.64. The molecule has 0 aliphatic carbocycles. The van der Waals surface area contributed by atoms with Crippen LogP contribution in [0.5, 0.6) is 5.75 Å². The van der Waals surface area contributed by atoms with E-state index in [1.807, 2.05) is 0 Å². The van der Waals surface area contributed by atoms with Crippen molar-refractivity contribution in [1.82, 2.24) is 0 Å². The van der Waals surface area contributed by atoms with Gasteiger partial charge < -0.3 is 10.5 Å². The summed E-state index contributed by atoms with van der Waals surface area (Å²) in [6, 6.07) is 6.63. The van der Waals surface area contributed by atoms with Crippen LogP contribution in [0.4, 0.5) is 0 Å². The summed E-state index contributed by atoms with van der Waals surface area (Å²) in [5, 5.41) is 0. The molecule has 4 nitrogen and oxygen atoms in total.